The van der Waals surface area contributed by atoms with Crippen molar-refractivity contribution in [3.05, 3.63) is 53.9 Å². The van der Waals surface area contributed by atoms with Crippen LogP contribution in [0, 0.1) is 5.92 Å². The summed E-state index contributed by atoms with van der Waals surface area (Å²) in [6.07, 6.45) is 0. The first-order valence-electron chi connectivity index (χ1n) is 9.45. The van der Waals surface area contributed by atoms with Gasteiger partial charge in [0.15, 0.2) is 18.1 Å². The predicted molar refractivity (Wildman–Crippen MR) is 109 cm³/mol. The molecule has 8 nitrogen and oxygen atoms in total. The Morgan fingerprint density at radius 3 is 2.60 bits per heavy atom. The molecule has 0 fully saturated rings. The summed E-state index contributed by atoms with van der Waals surface area (Å²) in [5.74, 6) is 2.18. The Kier molecular flexibility index (Phi) is 6.90. The molecule has 0 amide bonds. The lowest BCUT2D eigenvalue weighted by Gasteiger charge is -2.09. The van der Waals surface area contributed by atoms with Gasteiger partial charge in [0.25, 0.3) is 5.89 Å². The van der Waals surface area contributed by atoms with E-state index in [1.165, 1.54) is 0 Å². The number of rotatable bonds is 9. The van der Waals surface area contributed by atoms with Crippen LogP contribution >= 0.6 is 0 Å². The lowest BCUT2D eigenvalue weighted by molar-refractivity contribution is 0.0429. The van der Waals surface area contributed by atoms with Crippen LogP contribution in [0.1, 0.15) is 30.1 Å². The van der Waals surface area contributed by atoms with Crippen LogP contribution in [-0.2, 0) is 11.3 Å². The maximum Gasteiger partial charge on any atom is 0.338 e. The second-order valence-electron chi connectivity index (χ2n) is 6.89. The summed E-state index contributed by atoms with van der Waals surface area (Å²) in [6, 6.07) is 12.1. The van der Waals surface area contributed by atoms with Gasteiger partial charge in [-0.3, -0.25) is 0 Å². The topological polar surface area (TPSA) is 92.9 Å². The molecule has 0 radical (unpaired) electrons. The third kappa shape index (κ3) is 5.28. The molecule has 0 bridgehead atoms. The van der Waals surface area contributed by atoms with Crippen LogP contribution in [0.15, 0.2) is 47.0 Å². The zero-order valence-corrected chi connectivity index (χ0v) is 17.4. The number of benzene rings is 2. The molecule has 0 saturated carbocycles. The molecule has 0 aliphatic carbocycles. The van der Waals surface area contributed by atoms with E-state index in [1.807, 2.05) is 0 Å². The molecule has 8 heteroatoms. The van der Waals surface area contributed by atoms with E-state index in [9.17, 15) is 4.79 Å². The van der Waals surface area contributed by atoms with Gasteiger partial charge < -0.3 is 23.5 Å². The van der Waals surface area contributed by atoms with Crippen LogP contribution in [0.4, 0.5) is 0 Å². The van der Waals surface area contributed by atoms with Gasteiger partial charge >= 0.3 is 5.97 Å². The van der Waals surface area contributed by atoms with Crippen molar-refractivity contribution in [1.82, 2.24) is 10.1 Å². The zero-order valence-electron chi connectivity index (χ0n) is 17.4. The first-order chi connectivity index (χ1) is 14.5. The van der Waals surface area contributed by atoms with Gasteiger partial charge in [0.2, 0.25) is 5.82 Å². The highest BCUT2D eigenvalue weighted by molar-refractivity contribution is 5.89. The summed E-state index contributed by atoms with van der Waals surface area (Å²) >= 11 is 0. The first kappa shape index (κ1) is 21.2. The summed E-state index contributed by atoms with van der Waals surface area (Å²) in [5.41, 5.74) is 1.07. The Bertz CT molecular complexity index is 999. The lowest BCUT2D eigenvalue weighted by atomic mass is 10.2. The second-order valence-corrected chi connectivity index (χ2v) is 6.89. The summed E-state index contributed by atoms with van der Waals surface area (Å²) in [7, 11) is 3.11. The fourth-order valence-corrected chi connectivity index (χ4v) is 2.59. The van der Waals surface area contributed by atoms with E-state index in [0.717, 1.165) is 0 Å². The van der Waals surface area contributed by atoms with Gasteiger partial charge in [-0.2, -0.15) is 4.98 Å². The van der Waals surface area contributed by atoms with Gasteiger partial charge in [-0.25, -0.2) is 4.79 Å². The van der Waals surface area contributed by atoms with Gasteiger partial charge in [0.1, 0.15) is 5.75 Å². The average Bonchev–Trinajstić information content (AvgIpc) is 3.24. The Hall–Kier alpha value is -3.55. The number of ether oxygens (including phenoxy) is 4. The highest BCUT2D eigenvalue weighted by Crippen LogP contribution is 2.31. The SMILES string of the molecule is COc1ccc(-c2noc(COC(=O)c3cccc(OCC(C)C)c3)n2)cc1OC. The van der Waals surface area contributed by atoms with Crippen molar-refractivity contribution in [3.8, 4) is 28.6 Å². The molecule has 0 atom stereocenters. The van der Waals surface area contributed by atoms with Crippen molar-refractivity contribution in [2.24, 2.45) is 5.92 Å². The molecule has 3 rings (SSSR count). The van der Waals surface area contributed by atoms with Gasteiger partial charge in [-0.1, -0.05) is 25.1 Å². The van der Waals surface area contributed by atoms with E-state index in [4.69, 9.17) is 23.5 Å². The quantitative estimate of drug-likeness (QED) is 0.484. The number of carbonyl (C=O) groups is 1. The van der Waals surface area contributed by atoms with Gasteiger partial charge in [0.05, 0.1) is 26.4 Å². The Morgan fingerprint density at radius 2 is 1.87 bits per heavy atom. The highest BCUT2D eigenvalue weighted by Gasteiger charge is 2.15. The van der Waals surface area contributed by atoms with Gasteiger partial charge in [0, 0.05) is 5.56 Å². The van der Waals surface area contributed by atoms with Crippen LogP contribution in [0.2, 0.25) is 0 Å². The van der Waals surface area contributed by atoms with E-state index in [-0.39, 0.29) is 12.5 Å². The third-order valence-electron chi connectivity index (χ3n) is 4.09. The number of methoxy groups -OCH3 is 2. The van der Waals surface area contributed by atoms with Crippen molar-refractivity contribution < 1.29 is 28.3 Å². The van der Waals surface area contributed by atoms with Crippen LogP contribution in [0.25, 0.3) is 11.4 Å². The fraction of sp³-hybridized carbons (Fsp3) is 0.318. The Morgan fingerprint density at radius 1 is 1.07 bits per heavy atom. The molecule has 2 aromatic carbocycles. The molecule has 30 heavy (non-hydrogen) atoms. The monoisotopic (exact) mass is 412 g/mol. The molecule has 1 aromatic heterocycles. The normalized spacial score (nSPS) is 10.7. The number of esters is 1. The minimum atomic E-state index is -0.504. The fourth-order valence-electron chi connectivity index (χ4n) is 2.59. The molecule has 0 unspecified atom stereocenters. The van der Waals surface area contributed by atoms with E-state index >= 15 is 0 Å². The van der Waals surface area contributed by atoms with Crippen molar-refractivity contribution in [3.63, 3.8) is 0 Å². The molecular formula is C22H24N2O6. The van der Waals surface area contributed by atoms with Crippen LogP contribution in [0.3, 0.4) is 0 Å². The molecule has 1 heterocycles. The third-order valence-corrected chi connectivity index (χ3v) is 4.09. The first-order valence-corrected chi connectivity index (χ1v) is 9.45. The Balaban J connectivity index is 1.63. The van der Waals surface area contributed by atoms with Crippen LogP contribution < -0.4 is 14.2 Å². The van der Waals surface area contributed by atoms with E-state index in [0.29, 0.717) is 46.7 Å². The minimum absolute atomic E-state index is 0.143. The summed E-state index contributed by atoms with van der Waals surface area (Å²) in [5, 5.41) is 3.93. The average molecular weight is 412 g/mol. The smallest absolute Gasteiger partial charge is 0.338 e. The molecule has 0 aliphatic heterocycles. The van der Waals surface area contributed by atoms with Crippen molar-refractivity contribution in [2.75, 3.05) is 20.8 Å². The van der Waals surface area contributed by atoms with Crippen LogP contribution in [0.5, 0.6) is 17.2 Å². The largest absolute Gasteiger partial charge is 0.493 e. The van der Waals surface area contributed by atoms with Crippen molar-refractivity contribution >= 4 is 5.97 Å². The maximum absolute atomic E-state index is 12.3. The summed E-state index contributed by atoms with van der Waals surface area (Å²) in [6.45, 7) is 4.53. The summed E-state index contributed by atoms with van der Waals surface area (Å²) in [4.78, 5) is 16.6. The van der Waals surface area contributed by atoms with E-state index in [1.54, 1.807) is 56.7 Å². The number of nitrogens with zero attached hydrogens (tertiary/aromatic N) is 2. The number of carbonyl (C=O) groups excluding carboxylic acids is 1. The lowest BCUT2D eigenvalue weighted by Crippen LogP contribution is -2.07. The van der Waals surface area contributed by atoms with Gasteiger partial charge in [-0.05, 0) is 42.3 Å². The van der Waals surface area contributed by atoms with Crippen molar-refractivity contribution in [2.45, 2.75) is 20.5 Å². The van der Waals surface area contributed by atoms with Crippen molar-refractivity contribution in [1.29, 1.82) is 0 Å². The number of hydrogen-bond donors (Lipinski definition) is 0. The predicted octanol–water partition coefficient (Wildman–Crippen LogP) is 4.15. The Labute approximate surface area is 174 Å². The number of hydrogen-bond acceptors (Lipinski definition) is 8. The molecule has 0 spiro atoms. The van der Waals surface area contributed by atoms with Crippen LogP contribution in [-0.4, -0.2) is 36.9 Å². The molecule has 3 aromatic rings. The molecule has 158 valence electrons. The minimum Gasteiger partial charge on any atom is -0.493 e. The van der Waals surface area contributed by atoms with E-state index in [2.05, 4.69) is 24.0 Å². The molecule has 0 saturated heterocycles. The number of aromatic nitrogens is 2. The highest BCUT2D eigenvalue weighted by atomic mass is 16.6. The molecular weight excluding hydrogens is 388 g/mol. The zero-order chi connectivity index (χ0) is 21.5. The molecule has 0 aliphatic rings. The summed E-state index contributed by atoms with van der Waals surface area (Å²) < 4.78 is 26.6. The maximum atomic E-state index is 12.3. The van der Waals surface area contributed by atoms with E-state index < -0.39 is 5.97 Å². The van der Waals surface area contributed by atoms with Gasteiger partial charge in [-0.15, -0.1) is 0 Å². The standard InChI is InChI=1S/C22H24N2O6/c1-14(2)12-28-17-7-5-6-16(10-17)22(25)29-13-20-23-21(24-30-20)15-8-9-18(26-3)19(11-15)27-4/h5-11,14H,12-13H2,1-4H3. The second kappa shape index (κ2) is 9.78. The molecule has 0 N–H and O–H groups in total.